The van der Waals surface area contributed by atoms with Crippen LogP contribution in [0.4, 0.5) is 0 Å². The molecule has 38 heavy (non-hydrogen) atoms. The number of phenolic OH excluding ortho intramolecular Hbond substituents is 2. The molecule has 1 aromatic heterocycles. The molecule has 0 bridgehead atoms. The molecule has 5 nitrogen and oxygen atoms in total. The molecule has 5 heteroatoms. The summed E-state index contributed by atoms with van der Waals surface area (Å²) in [5, 5.41) is 20.5. The van der Waals surface area contributed by atoms with Crippen LogP contribution in [0.25, 0.3) is 56.4 Å². The molecule has 6 aromatic rings. The Bertz CT molecular complexity index is 1630. The molecule has 0 aliphatic carbocycles. The highest BCUT2D eigenvalue weighted by Gasteiger charge is 2.19. The first kappa shape index (κ1) is 23.1. The van der Waals surface area contributed by atoms with E-state index in [2.05, 4.69) is 24.3 Å². The Balaban J connectivity index is 1.61. The van der Waals surface area contributed by atoms with Crippen LogP contribution in [0, 0.1) is 0 Å². The van der Waals surface area contributed by atoms with E-state index in [1.807, 2.05) is 84.9 Å². The molecule has 0 atom stereocenters. The summed E-state index contributed by atoms with van der Waals surface area (Å²) in [5.41, 5.74) is 6.16. The van der Waals surface area contributed by atoms with Crippen LogP contribution in [0.5, 0.6) is 11.5 Å². The highest BCUT2D eigenvalue weighted by Crippen LogP contribution is 2.37. The van der Waals surface area contributed by atoms with Gasteiger partial charge in [-0.2, -0.15) is 0 Å². The van der Waals surface area contributed by atoms with Gasteiger partial charge in [0.1, 0.15) is 11.5 Å². The molecule has 0 saturated heterocycles. The zero-order valence-corrected chi connectivity index (χ0v) is 20.4. The first-order chi connectivity index (χ1) is 18.7. The third-order valence-electron chi connectivity index (χ3n) is 6.36. The number of nitrogens with zero attached hydrogens (tertiary/aromatic N) is 3. The van der Waals surface area contributed by atoms with E-state index in [-0.39, 0.29) is 11.5 Å². The van der Waals surface area contributed by atoms with Crippen molar-refractivity contribution in [2.45, 2.75) is 0 Å². The predicted molar refractivity (Wildman–Crippen MR) is 150 cm³/mol. The largest absolute Gasteiger partial charge is 0.508 e. The molecular weight excluding hydrogens is 470 g/mol. The predicted octanol–water partition coefficient (Wildman–Crippen LogP) is 7.62. The second-order valence-corrected chi connectivity index (χ2v) is 8.83. The van der Waals surface area contributed by atoms with E-state index >= 15 is 0 Å². The summed E-state index contributed by atoms with van der Waals surface area (Å²) in [6.45, 7) is 0. The van der Waals surface area contributed by atoms with E-state index in [4.69, 9.17) is 15.0 Å². The summed E-state index contributed by atoms with van der Waals surface area (Å²) in [6.07, 6.45) is 0. The molecule has 2 N–H and O–H groups in total. The SMILES string of the molecule is Oc1ccc(-c2nc(-c3ccccc3-c3ccccc3)nc(-c3ccccc3-c3ccccc3)n2)c(O)c1. The Labute approximate surface area is 220 Å². The van der Waals surface area contributed by atoms with Crippen molar-refractivity contribution in [1.29, 1.82) is 0 Å². The van der Waals surface area contributed by atoms with Gasteiger partial charge in [-0.1, -0.05) is 109 Å². The average molecular weight is 494 g/mol. The molecule has 0 aliphatic rings. The maximum absolute atomic E-state index is 10.7. The number of aromatic nitrogens is 3. The Morgan fingerprint density at radius 2 is 0.763 bits per heavy atom. The highest BCUT2D eigenvalue weighted by molar-refractivity contribution is 5.84. The zero-order chi connectivity index (χ0) is 25.9. The van der Waals surface area contributed by atoms with Crippen LogP contribution in [0.1, 0.15) is 0 Å². The van der Waals surface area contributed by atoms with E-state index in [0.29, 0.717) is 23.0 Å². The van der Waals surface area contributed by atoms with Gasteiger partial charge in [0.2, 0.25) is 0 Å². The molecule has 182 valence electrons. The van der Waals surface area contributed by atoms with Crippen molar-refractivity contribution in [2.75, 3.05) is 0 Å². The molecule has 6 rings (SSSR count). The van der Waals surface area contributed by atoms with Gasteiger partial charge in [0.25, 0.3) is 0 Å². The van der Waals surface area contributed by atoms with Gasteiger partial charge in [-0.15, -0.1) is 0 Å². The number of rotatable bonds is 5. The van der Waals surface area contributed by atoms with Gasteiger partial charge in [-0.3, -0.25) is 0 Å². The summed E-state index contributed by atoms with van der Waals surface area (Å²) >= 11 is 0. The number of hydrogen-bond donors (Lipinski definition) is 2. The number of benzene rings is 5. The lowest BCUT2D eigenvalue weighted by Gasteiger charge is -2.14. The first-order valence-electron chi connectivity index (χ1n) is 12.3. The standard InChI is InChI=1S/C33H23N3O2/c37-24-19-20-29(30(38)21-24)33-35-31(27-17-9-7-15-25(27)22-11-3-1-4-12-22)34-32(36-33)28-18-10-8-16-26(28)23-13-5-2-6-14-23/h1-21,37-38H. The third kappa shape index (κ3) is 4.49. The van der Waals surface area contributed by atoms with Gasteiger partial charge >= 0.3 is 0 Å². The minimum Gasteiger partial charge on any atom is -0.508 e. The van der Waals surface area contributed by atoms with Crippen LogP contribution in [0.2, 0.25) is 0 Å². The van der Waals surface area contributed by atoms with Crippen LogP contribution >= 0.6 is 0 Å². The summed E-state index contributed by atoms with van der Waals surface area (Å²) in [7, 11) is 0. The zero-order valence-electron chi connectivity index (χ0n) is 20.4. The fourth-order valence-corrected chi connectivity index (χ4v) is 4.54. The quantitative estimate of drug-likeness (QED) is 0.258. The minimum absolute atomic E-state index is 0.0374. The van der Waals surface area contributed by atoms with Crippen molar-refractivity contribution in [2.24, 2.45) is 0 Å². The molecule has 1 heterocycles. The van der Waals surface area contributed by atoms with Crippen LogP contribution in [-0.2, 0) is 0 Å². The summed E-state index contributed by atoms with van der Waals surface area (Å²) < 4.78 is 0. The molecule has 0 saturated carbocycles. The molecule has 0 fully saturated rings. The van der Waals surface area contributed by atoms with Gasteiger partial charge in [0.15, 0.2) is 17.5 Å². The maximum Gasteiger partial charge on any atom is 0.167 e. The molecule has 0 amide bonds. The van der Waals surface area contributed by atoms with Crippen LogP contribution in [-0.4, -0.2) is 25.2 Å². The lowest BCUT2D eigenvalue weighted by molar-refractivity contribution is 0.451. The van der Waals surface area contributed by atoms with Crippen molar-refractivity contribution < 1.29 is 10.2 Å². The molecule has 0 aliphatic heterocycles. The van der Waals surface area contributed by atoms with Crippen LogP contribution in [0.3, 0.4) is 0 Å². The molecule has 5 aromatic carbocycles. The van der Waals surface area contributed by atoms with Gasteiger partial charge in [-0.25, -0.2) is 15.0 Å². The smallest absolute Gasteiger partial charge is 0.167 e. The lowest BCUT2D eigenvalue weighted by atomic mass is 9.98. The van der Waals surface area contributed by atoms with Crippen molar-refractivity contribution in [3.63, 3.8) is 0 Å². The van der Waals surface area contributed by atoms with Gasteiger partial charge in [0.05, 0.1) is 5.56 Å². The topological polar surface area (TPSA) is 79.1 Å². The van der Waals surface area contributed by atoms with Gasteiger partial charge in [-0.05, 0) is 34.4 Å². The van der Waals surface area contributed by atoms with Gasteiger partial charge < -0.3 is 10.2 Å². The summed E-state index contributed by atoms with van der Waals surface area (Å²) in [4.78, 5) is 14.6. The Hall–Kier alpha value is -5.29. The Kier molecular flexibility index (Phi) is 6.08. The van der Waals surface area contributed by atoms with Crippen molar-refractivity contribution in [3.05, 3.63) is 127 Å². The van der Waals surface area contributed by atoms with Gasteiger partial charge in [0, 0.05) is 17.2 Å². The maximum atomic E-state index is 10.7. The third-order valence-corrected chi connectivity index (χ3v) is 6.36. The number of phenols is 2. The van der Waals surface area contributed by atoms with Crippen LogP contribution < -0.4 is 0 Å². The van der Waals surface area contributed by atoms with Crippen LogP contribution in [0.15, 0.2) is 127 Å². The summed E-state index contributed by atoms with van der Waals surface area (Å²) in [6, 6.07) is 40.6. The first-order valence-corrected chi connectivity index (χ1v) is 12.3. The van der Waals surface area contributed by atoms with E-state index in [1.165, 1.54) is 12.1 Å². The lowest BCUT2D eigenvalue weighted by Crippen LogP contribution is -2.02. The molecular formula is C33H23N3O2. The fourth-order valence-electron chi connectivity index (χ4n) is 4.54. The van der Waals surface area contributed by atoms with E-state index < -0.39 is 0 Å². The highest BCUT2D eigenvalue weighted by atomic mass is 16.3. The monoisotopic (exact) mass is 493 g/mol. The van der Waals surface area contributed by atoms with Crippen molar-refractivity contribution in [1.82, 2.24) is 15.0 Å². The second kappa shape index (κ2) is 9.99. The molecule has 0 spiro atoms. The minimum atomic E-state index is -0.110. The van der Waals surface area contributed by atoms with Crippen molar-refractivity contribution in [3.8, 4) is 67.9 Å². The van der Waals surface area contributed by atoms with E-state index in [1.54, 1.807) is 6.07 Å². The van der Waals surface area contributed by atoms with Crippen molar-refractivity contribution >= 4 is 0 Å². The number of hydrogen-bond acceptors (Lipinski definition) is 5. The van der Waals surface area contributed by atoms with E-state index in [0.717, 1.165) is 33.4 Å². The summed E-state index contributed by atoms with van der Waals surface area (Å²) in [5.74, 6) is 1.14. The normalized spacial score (nSPS) is 10.8. The number of aromatic hydroxyl groups is 2. The Morgan fingerprint density at radius 1 is 0.368 bits per heavy atom. The average Bonchev–Trinajstić information content (AvgIpc) is 2.98. The Morgan fingerprint density at radius 3 is 1.21 bits per heavy atom. The molecule has 0 unspecified atom stereocenters. The van der Waals surface area contributed by atoms with E-state index in [9.17, 15) is 10.2 Å². The second-order valence-electron chi connectivity index (χ2n) is 8.83. The fraction of sp³-hybridized carbons (Fsp3) is 0. The molecule has 0 radical (unpaired) electrons.